The standard InChI is InChI=1S/C19H20ClN5O2S/c1-15-21-18(23-8-4-5-9-23)14-19(22-15)24-10-12-25(13-11-24)28(26,27)17-7-3-2-6-16(17)20/h2-9,14H,10-13H2,1H3. The lowest BCUT2D eigenvalue weighted by Crippen LogP contribution is -2.49. The third-order valence-corrected chi connectivity index (χ3v) is 7.10. The number of rotatable bonds is 4. The smallest absolute Gasteiger partial charge is 0.244 e. The zero-order valence-electron chi connectivity index (χ0n) is 15.4. The van der Waals surface area contributed by atoms with Crippen LogP contribution in [0.1, 0.15) is 5.82 Å². The van der Waals surface area contributed by atoms with Crippen LogP contribution in [0, 0.1) is 6.92 Å². The predicted molar refractivity (Wildman–Crippen MR) is 109 cm³/mol. The number of hydrogen-bond acceptors (Lipinski definition) is 5. The highest BCUT2D eigenvalue weighted by molar-refractivity contribution is 7.89. The van der Waals surface area contributed by atoms with Gasteiger partial charge >= 0.3 is 0 Å². The fraction of sp³-hybridized carbons (Fsp3) is 0.263. The zero-order valence-corrected chi connectivity index (χ0v) is 16.9. The molecule has 0 amide bonds. The van der Waals surface area contributed by atoms with Gasteiger partial charge in [0.15, 0.2) is 0 Å². The fourth-order valence-corrected chi connectivity index (χ4v) is 5.18. The van der Waals surface area contributed by atoms with E-state index >= 15 is 0 Å². The normalized spacial score (nSPS) is 15.7. The van der Waals surface area contributed by atoms with Crippen molar-refractivity contribution >= 4 is 27.4 Å². The molecule has 0 unspecified atom stereocenters. The molecule has 2 aromatic heterocycles. The Labute approximate surface area is 169 Å². The first-order valence-electron chi connectivity index (χ1n) is 8.94. The molecule has 0 N–H and O–H groups in total. The molecule has 0 radical (unpaired) electrons. The maximum Gasteiger partial charge on any atom is 0.244 e. The Morgan fingerprint density at radius 2 is 1.57 bits per heavy atom. The van der Waals surface area contributed by atoms with Crippen molar-refractivity contribution in [2.24, 2.45) is 0 Å². The van der Waals surface area contributed by atoms with Crippen molar-refractivity contribution < 1.29 is 8.42 Å². The minimum atomic E-state index is -3.61. The number of nitrogens with zero attached hydrogens (tertiary/aromatic N) is 5. The van der Waals surface area contributed by atoms with Gasteiger partial charge in [-0.1, -0.05) is 23.7 Å². The van der Waals surface area contributed by atoms with E-state index in [1.807, 2.05) is 42.1 Å². The Hall–Kier alpha value is -2.42. The quantitative estimate of drug-likeness (QED) is 0.652. The van der Waals surface area contributed by atoms with Gasteiger partial charge in [-0.05, 0) is 31.2 Å². The summed E-state index contributed by atoms with van der Waals surface area (Å²) in [6.45, 7) is 3.69. The van der Waals surface area contributed by atoms with Crippen molar-refractivity contribution in [2.45, 2.75) is 11.8 Å². The molecule has 0 saturated carbocycles. The predicted octanol–water partition coefficient (Wildman–Crippen LogP) is 2.74. The summed E-state index contributed by atoms with van der Waals surface area (Å²) in [5.41, 5.74) is 0. The zero-order chi connectivity index (χ0) is 19.7. The summed E-state index contributed by atoms with van der Waals surface area (Å²) in [6.07, 6.45) is 3.86. The van der Waals surface area contributed by atoms with Gasteiger partial charge in [0.2, 0.25) is 10.0 Å². The van der Waals surface area contributed by atoms with E-state index in [2.05, 4.69) is 14.9 Å². The lowest BCUT2D eigenvalue weighted by atomic mass is 10.3. The van der Waals surface area contributed by atoms with Crippen LogP contribution in [-0.4, -0.2) is 53.4 Å². The van der Waals surface area contributed by atoms with Crippen molar-refractivity contribution in [1.29, 1.82) is 0 Å². The number of sulfonamides is 1. The summed E-state index contributed by atoms with van der Waals surface area (Å²) in [5, 5.41) is 0.243. The average molecular weight is 418 g/mol. The van der Waals surface area contributed by atoms with Gasteiger partial charge in [0.25, 0.3) is 0 Å². The minimum Gasteiger partial charge on any atom is -0.354 e. The number of anilines is 1. The molecular formula is C19H20ClN5O2S. The second-order valence-corrected chi connectivity index (χ2v) is 8.86. The van der Waals surface area contributed by atoms with E-state index in [4.69, 9.17) is 11.6 Å². The van der Waals surface area contributed by atoms with Gasteiger partial charge in [0.1, 0.15) is 22.4 Å². The Morgan fingerprint density at radius 3 is 2.25 bits per heavy atom. The van der Waals surface area contributed by atoms with Gasteiger partial charge in [0, 0.05) is 44.6 Å². The van der Waals surface area contributed by atoms with Crippen molar-refractivity contribution in [3.63, 3.8) is 0 Å². The molecule has 1 aromatic carbocycles. The number of piperazine rings is 1. The SMILES string of the molecule is Cc1nc(N2CCN(S(=O)(=O)c3ccccc3Cl)CC2)cc(-n2cccc2)n1. The Kier molecular flexibility index (Phi) is 5.09. The van der Waals surface area contributed by atoms with Crippen LogP contribution in [0.4, 0.5) is 5.82 Å². The molecule has 1 aliphatic heterocycles. The molecule has 146 valence electrons. The Morgan fingerprint density at radius 1 is 0.929 bits per heavy atom. The fourth-order valence-electron chi connectivity index (χ4n) is 3.27. The first-order chi connectivity index (χ1) is 13.4. The third kappa shape index (κ3) is 3.63. The molecule has 28 heavy (non-hydrogen) atoms. The number of aromatic nitrogens is 3. The van der Waals surface area contributed by atoms with Crippen LogP contribution in [0.15, 0.2) is 59.8 Å². The van der Waals surface area contributed by atoms with Crippen LogP contribution in [0.3, 0.4) is 0 Å². The van der Waals surface area contributed by atoms with E-state index in [1.165, 1.54) is 4.31 Å². The number of hydrogen-bond donors (Lipinski definition) is 0. The molecule has 1 saturated heterocycles. The van der Waals surface area contributed by atoms with E-state index in [-0.39, 0.29) is 9.92 Å². The van der Waals surface area contributed by atoms with Gasteiger partial charge in [-0.2, -0.15) is 4.31 Å². The Balaban J connectivity index is 1.53. The van der Waals surface area contributed by atoms with Crippen molar-refractivity contribution in [3.05, 3.63) is 65.7 Å². The highest BCUT2D eigenvalue weighted by atomic mass is 35.5. The van der Waals surface area contributed by atoms with Crippen LogP contribution in [0.25, 0.3) is 5.82 Å². The lowest BCUT2D eigenvalue weighted by molar-refractivity contribution is 0.383. The molecule has 4 rings (SSSR count). The molecule has 0 atom stereocenters. The van der Waals surface area contributed by atoms with Crippen LogP contribution < -0.4 is 4.90 Å². The van der Waals surface area contributed by atoms with E-state index < -0.39 is 10.0 Å². The van der Waals surface area contributed by atoms with Crippen molar-refractivity contribution in [2.75, 3.05) is 31.1 Å². The molecule has 3 aromatic rings. The van der Waals surface area contributed by atoms with Gasteiger partial charge < -0.3 is 9.47 Å². The maximum atomic E-state index is 12.9. The summed E-state index contributed by atoms with van der Waals surface area (Å²) >= 11 is 6.10. The van der Waals surface area contributed by atoms with Crippen LogP contribution in [-0.2, 0) is 10.0 Å². The summed E-state index contributed by atoms with van der Waals surface area (Å²) in [6, 6.07) is 12.3. The van der Waals surface area contributed by atoms with E-state index in [1.54, 1.807) is 24.3 Å². The summed E-state index contributed by atoms with van der Waals surface area (Å²) < 4.78 is 29.2. The lowest BCUT2D eigenvalue weighted by Gasteiger charge is -2.35. The first kappa shape index (κ1) is 18.9. The molecule has 7 nitrogen and oxygen atoms in total. The number of benzene rings is 1. The van der Waals surface area contributed by atoms with Crippen LogP contribution in [0.2, 0.25) is 5.02 Å². The molecule has 0 spiro atoms. The summed E-state index contributed by atoms with van der Waals surface area (Å²) in [7, 11) is -3.61. The molecule has 1 fully saturated rings. The van der Waals surface area contributed by atoms with Gasteiger partial charge in [0.05, 0.1) is 5.02 Å². The molecule has 9 heteroatoms. The van der Waals surface area contributed by atoms with Crippen LogP contribution >= 0.6 is 11.6 Å². The largest absolute Gasteiger partial charge is 0.354 e. The van der Waals surface area contributed by atoms with E-state index in [0.29, 0.717) is 32.0 Å². The number of halogens is 1. The summed E-state index contributed by atoms with van der Waals surface area (Å²) in [4.78, 5) is 11.3. The topological polar surface area (TPSA) is 71.3 Å². The van der Waals surface area contributed by atoms with Crippen molar-refractivity contribution in [3.8, 4) is 5.82 Å². The molecule has 1 aliphatic rings. The van der Waals surface area contributed by atoms with Gasteiger partial charge in [-0.25, -0.2) is 18.4 Å². The average Bonchev–Trinajstić information content (AvgIpc) is 3.23. The summed E-state index contributed by atoms with van der Waals surface area (Å²) in [5.74, 6) is 2.26. The molecule has 3 heterocycles. The second-order valence-electron chi connectivity index (χ2n) is 6.54. The highest BCUT2D eigenvalue weighted by Crippen LogP contribution is 2.26. The molecular weight excluding hydrogens is 398 g/mol. The van der Waals surface area contributed by atoms with Crippen molar-refractivity contribution in [1.82, 2.24) is 18.8 Å². The highest BCUT2D eigenvalue weighted by Gasteiger charge is 2.30. The first-order valence-corrected chi connectivity index (χ1v) is 10.8. The monoisotopic (exact) mass is 417 g/mol. The van der Waals surface area contributed by atoms with E-state index in [9.17, 15) is 8.42 Å². The van der Waals surface area contributed by atoms with Gasteiger partial charge in [-0.15, -0.1) is 0 Å². The third-order valence-electron chi connectivity index (χ3n) is 4.70. The van der Waals surface area contributed by atoms with Gasteiger partial charge in [-0.3, -0.25) is 0 Å². The Bertz CT molecular complexity index is 1080. The second kappa shape index (κ2) is 7.54. The minimum absolute atomic E-state index is 0.151. The van der Waals surface area contributed by atoms with E-state index in [0.717, 1.165) is 11.6 Å². The number of aryl methyl sites for hydroxylation is 1. The molecule has 0 aliphatic carbocycles. The molecule has 0 bridgehead atoms. The maximum absolute atomic E-state index is 12.9. The van der Waals surface area contributed by atoms with Crippen LogP contribution in [0.5, 0.6) is 0 Å².